The lowest BCUT2D eigenvalue weighted by atomic mass is 9.73. The number of carbonyl (C=O) groups excluding carboxylic acids is 1. The van der Waals surface area contributed by atoms with Crippen molar-refractivity contribution in [2.45, 2.75) is 18.9 Å². The van der Waals surface area contributed by atoms with E-state index < -0.39 is 11.5 Å². The van der Waals surface area contributed by atoms with Crippen molar-refractivity contribution in [2.24, 2.45) is 5.41 Å². The summed E-state index contributed by atoms with van der Waals surface area (Å²) in [6.45, 7) is 1.15. The first-order chi connectivity index (χ1) is 13.0. The molecule has 0 saturated carbocycles. The third-order valence-electron chi connectivity index (χ3n) is 5.15. The topological polar surface area (TPSA) is 72.8 Å². The molecule has 2 aromatic carbocycles. The van der Waals surface area contributed by atoms with Gasteiger partial charge < -0.3 is 15.5 Å². The van der Waals surface area contributed by atoms with Crippen molar-refractivity contribution in [1.29, 1.82) is 0 Å². The number of anilines is 1. The number of halogens is 1. The van der Waals surface area contributed by atoms with Gasteiger partial charge in [-0.15, -0.1) is 0 Å². The summed E-state index contributed by atoms with van der Waals surface area (Å²) in [5.74, 6) is -0.139. The van der Waals surface area contributed by atoms with Gasteiger partial charge in [-0.2, -0.15) is 0 Å². The largest absolute Gasteiger partial charge is 0.396 e. The van der Waals surface area contributed by atoms with Gasteiger partial charge in [-0.3, -0.25) is 9.69 Å². The van der Waals surface area contributed by atoms with Gasteiger partial charge in [-0.05, 0) is 36.6 Å². The molecule has 0 spiro atoms. The van der Waals surface area contributed by atoms with Crippen LogP contribution in [0.1, 0.15) is 12.0 Å². The Morgan fingerprint density at radius 3 is 2.70 bits per heavy atom. The second-order valence-electron chi connectivity index (χ2n) is 7.26. The fourth-order valence-electron chi connectivity index (χ4n) is 3.73. The summed E-state index contributed by atoms with van der Waals surface area (Å²) in [6.07, 6.45) is 0.491. The number of piperidine rings is 1. The van der Waals surface area contributed by atoms with Crippen molar-refractivity contribution in [3.63, 3.8) is 0 Å². The van der Waals surface area contributed by atoms with E-state index in [1.54, 1.807) is 24.3 Å². The quantitative estimate of drug-likeness (QED) is 0.711. The van der Waals surface area contributed by atoms with Crippen molar-refractivity contribution in [1.82, 2.24) is 4.90 Å². The first-order valence-corrected chi connectivity index (χ1v) is 9.49. The zero-order valence-electron chi connectivity index (χ0n) is 15.1. The molecule has 1 aliphatic rings. The molecule has 0 radical (unpaired) electrons. The molecule has 0 bridgehead atoms. The monoisotopic (exact) mass is 388 g/mol. The highest BCUT2D eigenvalue weighted by molar-refractivity contribution is 6.30. The Morgan fingerprint density at radius 2 is 2.00 bits per heavy atom. The Morgan fingerprint density at radius 1 is 1.22 bits per heavy atom. The summed E-state index contributed by atoms with van der Waals surface area (Å²) in [4.78, 5) is 14.4. The third kappa shape index (κ3) is 5.08. The van der Waals surface area contributed by atoms with Crippen molar-refractivity contribution >= 4 is 23.2 Å². The number of aliphatic hydroxyl groups is 2. The Labute approximate surface area is 164 Å². The molecule has 144 valence electrons. The molecule has 1 heterocycles. The van der Waals surface area contributed by atoms with Gasteiger partial charge in [0, 0.05) is 29.2 Å². The minimum atomic E-state index is -0.671. The number of nitrogens with zero attached hydrogens (tertiary/aromatic N) is 1. The van der Waals surface area contributed by atoms with Crippen LogP contribution in [0.4, 0.5) is 5.69 Å². The molecule has 5 nitrogen and oxygen atoms in total. The number of carbonyl (C=O) groups is 1. The molecule has 2 atom stereocenters. The van der Waals surface area contributed by atoms with Crippen LogP contribution >= 0.6 is 11.6 Å². The number of hydrogen-bond acceptors (Lipinski definition) is 4. The van der Waals surface area contributed by atoms with Gasteiger partial charge >= 0.3 is 0 Å². The molecule has 1 amide bonds. The molecule has 3 N–H and O–H groups in total. The first kappa shape index (κ1) is 19.8. The Hall–Kier alpha value is -1.92. The van der Waals surface area contributed by atoms with E-state index in [0.29, 0.717) is 36.6 Å². The van der Waals surface area contributed by atoms with Crippen molar-refractivity contribution in [3.05, 3.63) is 65.2 Å². The Bertz CT molecular complexity index is 771. The number of likely N-dealkylation sites (tertiary alicyclic amines) is 1. The highest BCUT2D eigenvalue weighted by atomic mass is 35.5. The van der Waals surface area contributed by atoms with Gasteiger partial charge in [0.25, 0.3) is 0 Å². The fraction of sp³-hybridized carbons (Fsp3) is 0.381. The molecule has 1 fully saturated rings. The number of rotatable bonds is 6. The zero-order valence-corrected chi connectivity index (χ0v) is 15.9. The summed E-state index contributed by atoms with van der Waals surface area (Å²) >= 11 is 5.95. The molecule has 0 aliphatic carbocycles. The van der Waals surface area contributed by atoms with Gasteiger partial charge in [0.15, 0.2) is 0 Å². The van der Waals surface area contributed by atoms with Gasteiger partial charge in [-0.1, -0.05) is 48.0 Å². The van der Waals surface area contributed by atoms with Crippen molar-refractivity contribution in [3.8, 4) is 0 Å². The van der Waals surface area contributed by atoms with Crippen molar-refractivity contribution < 1.29 is 15.0 Å². The van der Waals surface area contributed by atoms with Crippen molar-refractivity contribution in [2.75, 3.05) is 31.6 Å². The second kappa shape index (κ2) is 8.85. The standard InChI is InChI=1S/C21H25ClN2O3/c22-17-7-4-8-18(11-17)23-20(27)13-24-10-9-19(26)21(14-24,15-25)12-16-5-2-1-3-6-16/h1-8,11,19,25-26H,9-10,12-15H2,(H,23,27)/t19-,21+/m1/s1. The minimum absolute atomic E-state index is 0.129. The summed E-state index contributed by atoms with van der Waals surface area (Å²) < 4.78 is 0. The van der Waals surface area contributed by atoms with Crippen LogP contribution in [0, 0.1) is 5.41 Å². The maximum Gasteiger partial charge on any atom is 0.238 e. The van der Waals surface area contributed by atoms with Gasteiger partial charge in [-0.25, -0.2) is 0 Å². The molecule has 0 unspecified atom stereocenters. The SMILES string of the molecule is O=C(CN1CC[C@@H](O)[C@@](CO)(Cc2ccccc2)C1)Nc1cccc(Cl)c1. The van der Waals surface area contributed by atoms with Crippen LogP contribution in [-0.4, -0.2) is 53.4 Å². The van der Waals surface area contributed by atoms with Gasteiger partial charge in [0.2, 0.25) is 5.91 Å². The van der Waals surface area contributed by atoms with Crippen LogP contribution in [0.15, 0.2) is 54.6 Å². The van der Waals surface area contributed by atoms with Gasteiger partial charge in [0.05, 0.1) is 19.3 Å². The predicted molar refractivity (Wildman–Crippen MR) is 107 cm³/mol. The lowest BCUT2D eigenvalue weighted by Gasteiger charge is -2.45. The number of hydrogen-bond donors (Lipinski definition) is 3. The van der Waals surface area contributed by atoms with E-state index in [0.717, 1.165) is 5.56 Å². The molecule has 2 aromatic rings. The molecule has 6 heteroatoms. The van der Waals surface area contributed by atoms with E-state index in [-0.39, 0.29) is 19.1 Å². The molecular formula is C21H25ClN2O3. The third-order valence-corrected chi connectivity index (χ3v) is 5.39. The van der Waals surface area contributed by atoms with E-state index in [1.165, 1.54) is 0 Å². The summed E-state index contributed by atoms with van der Waals surface area (Å²) in [7, 11) is 0. The van der Waals surface area contributed by atoms with Crippen LogP contribution < -0.4 is 5.32 Å². The highest BCUT2D eigenvalue weighted by Crippen LogP contribution is 2.33. The number of benzene rings is 2. The van der Waals surface area contributed by atoms with E-state index in [4.69, 9.17) is 11.6 Å². The Kier molecular flexibility index (Phi) is 6.50. The molecule has 1 saturated heterocycles. The van der Waals surface area contributed by atoms with E-state index in [1.807, 2.05) is 35.2 Å². The van der Waals surface area contributed by atoms with Gasteiger partial charge in [0.1, 0.15) is 0 Å². The normalized spacial score (nSPS) is 23.1. The summed E-state index contributed by atoms with van der Waals surface area (Å²) in [6, 6.07) is 16.9. The maximum absolute atomic E-state index is 12.4. The number of amides is 1. The molecule has 3 rings (SSSR count). The van der Waals surface area contributed by atoms with E-state index >= 15 is 0 Å². The minimum Gasteiger partial charge on any atom is -0.396 e. The average Bonchev–Trinajstić information content (AvgIpc) is 2.65. The molecule has 1 aliphatic heterocycles. The van der Waals surface area contributed by atoms with Crippen LogP contribution in [-0.2, 0) is 11.2 Å². The number of nitrogens with one attached hydrogen (secondary N) is 1. The van der Waals surface area contributed by atoms with Crippen LogP contribution in [0.25, 0.3) is 0 Å². The fourth-order valence-corrected chi connectivity index (χ4v) is 3.92. The van der Waals surface area contributed by atoms with E-state index in [9.17, 15) is 15.0 Å². The lowest BCUT2D eigenvalue weighted by Crippen LogP contribution is -2.56. The molecule has 0 aromatic heterocycles. The molecular weight excluding hydrogens is 364 g/mol. The first-order valence-electron chi connectivity index (χ1n) is 9.11. The molecule has 27 heavy (non-hydrogen) atoms. The maximum atomic E-state index is 12.4. The highest BCUT2D eigenvalue weighted by Gasteiger charge is 2.42. The zero-order chi connectivity index (χ0) is 19.3. The lowest BCUT2D eigenvalue weighted by molar-refractivity contribution is -0.121. The summed E-state index contributed by atoms with van der Waals surface area (Å²) in [5, 5.41) is 24.1. The smallest absolute Gasteiger partial charge is 0.238 e. The van der Waals surface area contributed by atoms with Crippen LogP contribution in [0.5, 0.6) is 0 Å². The second-order valence-corrected chi connectivity index (χ2v) is 7.69. The average molecular weight is 389 g/mol. The van der Waals surface area contributed by atoms with Crippen LogP contribution in [0.3, 0.4) is 0 Å². The Balaban J connectivity index is 1.65. The van der Waals surface area contributed by atoms with E-state index in [2.05, 4.69) is 5.32 Å². The van der Waals surface area contributed by atoms with Crippen LogP contribution in [0.2, 0.25) is 5.02 Å². The summed E-state index contributed by atoms with van der Waals surface area (Å²) in [5.41, 5.74) is 1.05. The number of aliphatic hydroxyl groups excluding tert-OH is 2. The predicted octanol–water partition coefficient (Wildman–Crippen LogP) is 2.57.